The number of carbonyl (C=O) groups is 1. The molecule has 3 aromatic rings. The maximum absolute atomic E-state index is 13.5. The molecule has 2 fully saturated rings. The summed E-state index contributed by atoms with van der Waals surface area (Å²) in [6.07, 6.45) is 7.04. The Hall–Kier alpha value is -3.12. The van der Waals surface area contributed by atoms with E-state index in [4.69, 9.17) is 9.15 Å². The maximum Gasteiger partial charge on any atom is 0.339 e. The van der Waals surface area contributed by atoms with Gasteiger partial charge in [-0.1, -0.05) is 43.2 Å². The van der Waals surface area contributed by atoms with Gasteiger partial charge in [-0.05, 0) is 61.8 Å². The van der Waals surface area contributed by atoms with Gasteiger partial charge in [0.25, 0.3) is 5.91 Å². The summed E-state index contributed by atoms with van der Waals surface area (Å²) in [6.45, 7) is 0.405. The van der Waals surface area contributed by atoms with E-state index in [0.29, 0.717) is 24.3 Å². The summed E-state index contributed by atoms with van der Waals surface area (Å²) in [7, 11) is 0. The van der Waals surface area contributed by atoms with Gasteiger partial charge in [-0.25, -0.2) is 4.79 Å². The lowest BCUT2D eigenvalue weighted by Crippen LogP contribution is -2.56. The largest absolute Gasteiger partial charge is 0.484 e. The minimum Gasteiger partial charge on any atom is -0.484 e. The van der Waals surface area contributed by atoms with Crippen molar-refractivity contribution in [3.05, 3.63) is 75.6 Å². The fourth-order valence-electron chi connectivity index (χ4n) is 6.61. The third kappa shape index (κ3) is 3.94. The fraction of sp³-hybridized carbons (Fsp3) is 0.448. The molecule has 3 aliphatic rings. The molecule has 35 heavy (non-hydrogen) atoms. The van der Waals surface area contributed by atoms with Gasteiger partial charge in [0.05, 0.1) is 11.6 Å². The van der Waals surface area contributed by atoms with Gasteiger partial charge in [-0.3, -0.25) is 4.79 Å². The highest BCUT2D eigenvalue weighted by Gasteiger charge is 2.50. The van der Waals surface area contributed by atoms with Gasteiger partial charge in [0.1, 0.15) is 11.3 Å². The van der Waals surface area contributed by atoms with Crippen LogP contribution in [0.5, 0.6) is 5.75 Å². The minimum atomic E-state index is -0.716. The van der Waals surface area contributed by atoms with Crippen molar-refractivity contribution in [3.63, 3.8) is 0 Å². The van der Waals surface area contributed by atoms with Crippen molar-refractivity contribution in [3.8, 4) is 5.75 Å². The highest BCUT2D eigenvalue weighted by atomic mass is 16.5. The number of amides is 1. The first-order valence-electron chi connectivity index (χ1n) is 12.8. The van der Waals surface area contributed by atoms with Crippen molar-refractivity contribution in [1.82, 2.24) is 4.90 Å². The van der Waals surface area contributed by atoms with Gasteiger partial charge in [-0.15, -0.1) is 0 Å². The number of carbonyl (C=O) groups excluding carboxylic acids is 1. The number of aliphatic hydroxyl groups is 1. The lowest BCUT2D eigenvalue weighted by atomic mass is 9.66. The molecule has 2 aliphatic carbocycles. The molecule has 6 heteroatoms. The lowest BCUT2D eigenvalue weighted by molar-refractivity contribution is -0.157. The van der Waals surface area contributed by atoms with Crippen LogP contribution in [-0.4, -0.2) is 34.7 Å². The van der Waals surface area contributed by atoms with E-state index >= 15 is 0 Å². The molecule has 1 saturated carbocycles. The molecule has 2 aromatic carbocycles. The Balaban J connectivity index is 1.24. The molecule has 3 atom stereocenters. The standard InChI is InChI=1S/C29H31NO5/c31-26(18-34-20-12-13-22-21-9-6-10-23(21)28(32)35-25(22)17-20)30-16-15-29(33)14-5-4-11-24(29)27(30)19-7-2-1-3-8-19/h1-3,7-8,12-13,17,24,27,33H,4-6,9-11,14-16,18H2/t24-,27+,29+/m1/s1. The summed E-state index contributed by atoms with van der Waals surface area (Å²) >= 11 is 0. The topological polar surface area (TPSA) is 80.0 Å². The highest BCUT2D eigenvalue weighted by Crippen LogP contribution is 2.49. The predicted molar refractivity (Wildman–Crippen MR) is 132 cm³/mol. The lowest BCUT2D eigenvalue weighted by Gasteiger charge is -2.52. The zero-order chi connectivity index (χ0) is 24.0. The number of aryl methyl sites for hydroxylation is 1. The average molecular weight is 474 g/mol. The fourth-order valence-corrected chi connectivity index (χ4v) is 6.61. The molecule has 1 aromatic heterocycles. The molecule has 6 rings (SSSR count). The first-order valence-corrected chi connectivity index (χ1v) is 12.8. The molecule has 0 radical (unpaired) electrons. The smallest absolute Gasteiger partial charge is 0.339 e. The Kier molecular flexibility index (Phi) is 5.64. The van der Waals surface area contributed by atoms with Crippen molar-refractivity contribution >= 4 is 16.9 Å². The highest BCUT2D eigenvalue weighted by molar-refractivity contribution is 5.83. The Bertz CT molecular complexity index is 1320. The third-order valence-electron chi connectivity index (χ3n) is 8.34. The van der Waals surface area contributed by atoms with Crippen LogP contribution in [0.4, 0.5) is 0 Å². The number of fused-ring (bicyclic) bond motifs is 4. The van der Waals surface area contributed by atoms with Crippen LogP contribution in [0.3, 0.4) is 0 Å². The van der Waals surface area contributed by atoms with Gasteiger partial charge in [0.2, 0.25) is 0 Å². The van der Waals surface area contributed by atoms with E-state index in [1.165, 1.54) is 0 Å². The van der Waals surface area contributed by atoms with E-state index in [1.807, 2.05) is 35.2 Å². The molecule has 1 aliphatic heterocycles. The molecule has 1 amide bonds. The maximum atomic E-state index is 13.5. The van der Waals surface area contributed by atoms with E-state index in [-0.39, 0.29) is 30.1 Å². The molecule has 1 saturated heterocycles. The van der Waals surface area contributed by atoms with Crippen molar-refractivity contribution in [2.75, 3.05) is 13.2 Å². The van der Waals surface area contributed by atoms with E-state index in [9.17, 15) is 14.7 Å². The molecular weight excluding hydrogens is 442 g/mol. The summed E-state index contributed by atoms with van der Waals surface area (Å²) < 4.78 is 11.5. The van der Waals surface area contributed by atoms with Gasteiger partial charge in [-0.2, -0.15) is 0 Å². The van der Waals surface area contributed by atoms with Gasteiger partial charge >= 0.3 is 5.63 Å². The molecule has 1 N–H and O–H groups in total. The number of hydrogen-bond donors (Lipinski definition) is 1. The molecule has 182 valence electrons. The van der Waals surface area contributed by atoms with Crippen molar-refractivity contribution < 1.29 is 19.1 Å². The molecule has 6 nitrogen and oxygen atoms in total. The number of rotatable bonds is 4. The second kappa shape index (κ2) is 8.83. The molecule has 0 spiro atoms. The first-order chi connectivity index (χ1) is 17.0. The first kappa shape index (κ1) is 22.4. The predicted octanol–water partition coefficient (Wildman–Crippen LogP) is 4.56. The zero-order valence-electron chi connectivity index (χ0n) is 19.9. The van der Waals surface area contributed by atoms with Crippen LogP contribution < -0.4 is 10.4 Å². The van der Waals surface area contributed by atoms with Crippen LogP contribution in [0, 0.1) is 5.92 Å². The van der Waals surface area contributed by atoms with Crippen molar-refractivity contribution in [2.45, 2.75) is 63.0 Å². The van der Waals surface area contributed by atoms with E-state index < -0.39 is 5.60 Å². The number of piperidine rings is 1. The van der Waals surface area contributed by atoms with Crippen LogP contribution in [-0.2, 0) is 17.6 Å². The molecule has 2 heterocycles. The monoisotopic (exact) mass is 473 g/mol. The van der Waals surface area contributed by atoms with Crippen molar-refractivity contribution in [2.24, 2.45) is 5.92 Å². The summed E-state index contributed by atoms with van der Waals surface area (Å²) in [5, 5.41) is 12.4. The Morgan fingerprint density at radius 3 is 2.74 bits per heavy atom. The summed E-state index contributed by atoms with van der Waals surface area (Å²) in [5.41, 5.74) is 2.46. The van der Waals surface area contributed by atoms with Crippen LogP contribution in [0.2, 0.25) is 0 Å². The summed E-state index contributed by atoms with van der Waals surface area (Å²) in [5.74, 6) is 0.435. The van der Waals surface area contributed by atoms with E-state index in [1.54, 1.807) is 6.07 Å². The zero-order valence-corrected chi connectivity index (χ0v) is 19.9. The number of benzene rings is 2. The Labute approximate surface area is 204 Å². The second-order valence-electron chi connectivity index (χ2n) is 10.3. The van der Waals surface area contributed by atoms with Crippen LogP contribution in [0.1, 0.15) is 61.3 Å². The molecular formula is C29H31NO5. The number of nitrogens with zero attached hydrogens (tertiary/aromatic N) is 1. The quantitative estimate of drug-likeness (QED) is 0.562. The SMILES string of the molecule is O=C(COc1ccc2c3c(c(=O)oc2c1)CCC3)N1CC[C@@]2(O)CCCC[C@@H]2[C@@H]1c1ccccc1. The van der Waals surface area contributed by atoms with Gasteiger partial charge in [0, 0.05) is 29.5 Å². The summed E-state index contributed by atoms with van der Waals surface area (Å²) in [6, 6.07) is 15.4. The number of ether oxygens (including phenoxy) is 1. The van der Waals surface area contributed by atoms with E-state index in [0.717, 1.165) is 67.0 Å². The summed E-state index contributed by atoms with van der Waals surface area (Å²) in [4.78, 5) is 27.7. The second-order valence-corrected chi connectivity index (χ2v) is 10.3. The Morgan fingerprint density at radius 1 is 1.06 bits per heavy atom. The van der Waals surface area contributed by atoms with Crippen LogP contribution >= 0.6 is 0 Å². The Morgan fingerprint density at radius 2 is 1.89 bits per heavy atom. The van der Waals surface area contributed by atoms with Crippen molar-refractivity contribution in [1.29, 1.82) is 0 Å². The van der Waals surface area contributed by atoms with Gasteiger partial charge < -0.3 is 19.2 Å². The number of likely N-dealkylation sites (tertiary alicyclic amines) is 1. The van der Waals surface area contributed by atoms with E-state index in [2.05, 4.69) is 12.1 Å². The van der Waals surface area contributed by atoms with Crippen LogP contribution in [0.15, 0.2) is 57.7 Å². The molecule has 0 bridgehead atoms. The molecule has 0 unspecified atom stereocenters. The van der Waals surface area contributed by atoms with Gasteiger partial charge in [0.15, 0.2) is 6.61 Å². The number of hydrogen-bond acceptors (Lipinski definition) is 5. The normalized spacial score (nSPS) is 25.8. The minimum absolute atomic E-state index is 0.0217. The third-order valence-corrected chi connectivity index (χ3v) is 8.34. The average Bonchev–Trinajstić information content (AvgIpc) is 3.38. The van der Waals surface area contributed by atoms with Crippen LogP contribution in [0.25, 0.3) is 11.0 Å².